The quantitative estimate of drug-likeness (QED) is 0.171. The maximum atomic E-state index is 13.0. The van der Waals surface area contributed by atoms with E-state index in [1.54, 1.807) is 0 Å². The van der Waals surface area contributed by atoms with Gasteiger partial charge in [-0.2, -0.15) is 0 Å². The van der Waals surface area contributed by atoms with Gasteiger partial charge in [-0.1, -0.05) is 46.4 Å². The fourth-order valence-corrected chi connectivity index (χ4v) is 9.72. The minimum Gasteiger partial charge on any atom is -0.401 e. The van der Waals surface area contributed by atoms with Crippen LogP contribution in [0.5, 0.6) is 11.5 Å². The number of hydrogen-bond donors (Lipinski definition) is 0. The van der Waals surface area contributed by atoms with Crippen molar-refractivity contribution in [3.8, 4) is 11.5 Å². The van der Waals surface area contributed by atoms with Crippen molar-refractivity contribution in [1.29, 1.82) is 0 Å². The van der Waals surface area contributed by atoms with E-state index in [4.69, 9.17) is 73.5 Å². The number of phosphoric ester groups is 2. The first-order chi connectivity index (χ1) is 16.3. The number of benzene rings is 2. The smallest absolute Gasteiger partial charge is 0.401 e. The van der Waals surface area contributed by atoms with Crippen LogP contribution in [-0.2, 0) is 27.2 Å². The molecule has 2 aliphatic heterocycles. The molecule has 0 atom stereocenters. The monoisotopic (exact) mass is 860 g/mol. The van der Waals surface area contributed by atoms with Crippen molar-refractivity contribution in [1.82, 2.24) is 0 Å². The molecule has 192 valence electrons. The standard InChI is InChI=1S/C17H10Br4Cl4O8P2/c18-7-1-9(22)15(11(20)13(7)24)32-34(26)28-3-17(4-29-34)5-30-35(27,31-6-17)33-16-10(23)2-8(19)14(25)12(16)21/h1-2H,3-6H2. The number of halogens is 8. The second-order valence-electron chi connectivity index (χ2n) is 7.27. The van der Waals surface area contributed by atoms with Crippen molar-refractivity contribution >= 4 is 126 Å². The highest BCUT2D eigenvalue weighted by atomic mass is 79.9. The van der Waals surface area contributed by atoms with E-state index in [2.05, 4.69) is 63.7 Å². The van der Waals surface area contributed by atoms with Crippen LogP contribution in [-0.4, -0.2) is 26.4 Å². The molecule has 2 aromatic carbocycles. The Morgan fingerprint density at radius 1 is 0.686 bits per heavy atom. The predicted octanol–water partition coefficient (Wildman–Crippen LogP) is 10.1. The number of phosphoric acid groups is 2. The van der Waals surface area contributed by atoms with E-state index in [1.165, 1.54) is 12.1 Å². The van der Waals surface area contributed by atoms with E-state index < -0.39 is 21.1 Å². The summed E-state index contributed by atoms with van der Waals surface area (Å²) in [6.07, 6.45) is 0. The molecular weight excluding hydrogens is 856 g/mol. The first-order valence-corrected chi connectivity index (χ1v) is 16.7. The lowest BCUT2D eigenvalue weighted by molar-refractivity contribution is -0.0854. The molecule has 0 N–H and O–H groups in total. The summed E-state index contributed by atoms with van der Waals surface area (Å²) in [5.74, 6) is -0.0207. The molecular formula is C17H10Br4Cl4O8P2. The van der Waals surface area contributed by atoms with Crippen LogP contribution >= 0.6 is 126 Å². The molecule has 0 aromatic heterocycles. The summed E-state index contributed by atoms with van der Waals surface area (Å²) in [4.78, 5) is 0. The van der Waals surface area contributed by atoms with Crippen LogP contribution in [0.1, 0.15) is 0 Å². The average molecular weight is 866 g/mol. The van der Waals surface area contributed by atoms with E-state index in [-0.39, 0.29) is 67.0 Å². The minimum absolute atomic E-state index is 0.0104. The van der Waals surface area contributed by atoms with Gasteiger partial charge in [-0.05, 0) is 75.9 Å². The van der Waals surface area contributed by atoms with Gasteiger partial charge in [0.25, 0.3) is 0 Å². The van der Waals surface area contributed by atoms with Crippen LogP contribution in [0.2, 0.25) is 20.1 Å². The van der Waals surface area contributed by atoms with E-state index in [0.29, 0.717) is 8.95 Å². The van der Waals surface area contributed by atoms with Crippen molar-refractivity contribution < 1.29 is 36.3 Å². The molecule has 0 aliphatic carbocycles. The molecule has 2 heterocycles. The third-order valence-electron chi connectivity index (χ3n) is 4.67. The van der Waals surface area contributed by atoms with Gasteiger partial charge in [-0.15, -0.1) is 0 Å². The van der Waals surface area contributed by atoms with Crippen molar-refractivity contribution in [3.63, 3.8) is 0 Å². The highest BCUT2D eigenvalue weighted by molar-refractivity contribution is 9.11. The summed E-state index contributed by atoms with van der Waals surface area (Å²) in [6, 6.07) is 2.95. The lowest BCUT2D eigenvalue weighted by Crippen LogP contribution is -2.46. The SMILES string of the molecule is O=P1(Oc2c(Cl)cc(Br)c(Cl)c2Br)OCC2(CO1)COP(=O)(Oc1c(Cl)cc(Br)c(Cl)c1Br)OC2. The molecule has 8 nitrogen and oxygen atoms in total. The van der Waals surface area contributed by atoms with Gasteiger partial charge in [0, 0.05) is 8.95 Å². The third kappa shape index (κ3) is 6.27. The molecule has 0 amide bonds. The second-order valence-corrected chi connectivity index (χ2v) is 15.3. The van der Waals surface area contributed by atoms with Crippen LogP contribution in [0.4, 0.5) is 0 Å². The summed E-state index contributed by atoms with van der Waals surface area (Å²) in [7, 11) is -8.14. The van der Waals surface area contributed by atoms with Gasteiger partial charge in [0.15, 0.2) is 11.5 Å². The maximum absolute atomic E-state index is 13.0. The fraction of sp³-hybridized carbons (Fsp3) is 0.294. The zero-order valence-electron chi connectivity index (χ0n) is 16.7. The first-order valence-electron chi connectivity index (χ1n) is 9.10. The Bertz CT molecular complexity index is 1170. The molecule has 2 saturated heterocycles. The van der Waals surface area contributed by atoms with Gasteiger partial charge in [-0.3, -0.25) is 18.1 Å². The van der Waals surface area contributed by atoms with Crippen LogP contribution in [0, 0.1) is 5.41 Å². The zero-order valence-corrected chi connectivity index (χ0v) is 27.8. The van der Waals surface area contributed by atoms with Crippen LogP contribution in [0.25, 0.3) is 0 Å². The van der Waals surface area contributed by atoms with Crippen molar-refractivity contribution in [2.45, 2.75) is 0 Å². The van der Waals surface area contributed by atoms with E-state index in [1.807, 2.05) is 0 Å². The van der Waals surface area contributed by atoms with Crippen LogP contribution in [0.15, 0.2) is 30.0 Å². The lowest BCUT2D eigenvalue weighted by Gasteiger charge is -2.41. The molecule has 0 bridgehead atoms. The molecule has 0 saturated carbocycles. The van der Waals surface area contributed by atoms with Gasteiger partial charge in [0.2, 0.25) is 0 Å². The molecule has 0 radical (unpaired) electrons. The van der Waals surface area contributed by atoms with Crippen LogP contribution < -0.4 is 9.05 Å². The zero-order chi connectivity index (χ0) is 25.8. The highest BCUT2D eigenvalue weighted by Gasteiger charge is 2.51. The van der Waals surface area contributed by atoms with E-state index in [0.717, 1.165) is 0 Å². The maximum Gasteiger partial charge on any atom is 0.530 e. The second kappa shape index (κ2) is 11.1. The van der Waals surface area contributed by atoms with E-state index >= 15 is 0 Å². The highest BCUT2D eigenvalue weighted by Crippen LogP contribution is 2.62. The molecule has 0 unspecified atom stereocenters. The summed E-state index contributed by atoms with van der Waals surface area (Å²) >= 11 is 37.7. The van der Waals surface area contributed by atoms with Crippen molar-refractivity contribution in [3.05, 3.63) is 50.1 Å². The number of hydrogen-bond acceptors (Lipinski definition) is 8. The fourth-order valence-electron chi connectivity index (χ4n) is 2.78. The Hall–Kier alpha value is 1.42. The Balaban J connectivity index is 1.42. The molecule has 2 fully saturated rings. The summed E-state index contributed by atoms with van der Waals surface area (Å²) < 4.78 is 60.3. The molecule has 1 spiro atoms. The molecule has 2 aromatic rings. The molecule has 2 aliphatic rings. The molecule has 35 heavy (non-hydrogen) atoms. The summed E-state index contributed by atoms with van der Waals surface area (Å²) in [5.41, 5.74) is -0.925. The largest absolute Gasteiger partial charge is 0.530 e. The topological polar surface area (TPSA) is 89.5 Å². The van der Waals surface area contributed by atoms with Gasteiger partial charge < -0.3 is 9.05 Å². The summed E-state index contributed by atoms with van der Waals surface area (Å²) in [6.45, 7) is -0.618. The first kappa shape index (κ1) is 29.4. The molecule has 4 rings (SSSR count). The third-order valence-corrected chi connectivity index (χ3v) is 12.3. The average Bonchev–Trinajstić information content (AvgIpc) is 2.81. The Labute approximate surface area is 253 Å². The van der Waals surface area contributed by atoms with Gasteiger partial charge in [0.1, 0.15) is 0 Å². The van der Waals surface area contributed by atoms with Crippen molar-refractivity contribution in [2.24, 2.45) is 5.41 Å². The predicted molar refractivity (Wildman–Crippen MR) is 146 cm³/mol. The molecule has 18 heteroatoms. The Kier molecular flexibility index (Phi) is 9.35. The van der Waals surface area contributed by atoms with Gasteiger partial charge in [-0.25, -0.2) is 9.13 Å². The Morgan fingerprint density at radius 3 is 1.31 bits per heavy atom. The van der Waals surface area contributed by atoms with Crippen molar-refractivity contribution in [2.75, 3.05) is 26.4 Å². The Morgan fingerprint density at radius 2 is 1.00 bits per heavy atom. The normalized spacial score (nSPS) is 28.8. The lowest BCUT2D eigenvalue weighted by atomic mass is 9.93. The van der Waals surface area contributed by atoms with Gasteiger partial charge in [0.05, 0.1) is 60.9 Å². The minimum atomic E-state index is -4.07. The summed E-state index contributed by atoms with van der Waals surface area (Å²) in [5, 5.41) is 0.758. The van der Waals surface area contributed by atoms with Crippen LogP contribution in [0.3, 0.4) is 0 Å². The van der Waals surface area contributed by atoms with Gasteiger partial charge >= 0.3 is 15.6 Å². The van der Waals surface area contributed by atoms with E-state index in [9.17, 15) is 9.13 Å². The number of rotatable bonds is 4.